The fourth-order valence-corrected chi connectivity index (χ4v) is 2.37. The molecule has 5 heteroatoms. The maximum Gasteiger partial charge on any atom is 0.257 e. The third-order valence-corrected chi connectivity index (χ3v) is 3.35. The lowest BCUT2D eigenvalue weighted by molar-refractivity contribution is -0.110. The Balaban J connectivity index is 1.85. The summed E-state index contributed by atoms with van der Waals surface area (Å²) < 4.78 is 0. The van der Waals surface area contributed by atoms with E-state index in [2.05, 4.69) is 20.5 Å². The van der Waals surface area contributed by atoms with Gasteiger partial charge >= 0.3 is 0 Å². The zero-order valence-electron chi connectivity index (χ0n) is 10.4. The molecule has 0 atom stereocenters. The highest BCUT2D eigenvalue weighted by atomic mass is 16.2. The molecule has 0 radical (unpaired) electrons. The van der Waals surface area contributed by atoms with Crippen molar-refractivity contribution in [3.8, 4) is 0 Å². The fourth-order valence-electron chi connectivity index (χ4n) is 2.37. The van der Waals surface area contributed by atoms with Gasteiger partial charge in [-0.05, 0) is 29.8 Å². The molecule has 1 aliphatic rings. The van der Waals surface area contributed by atoms with Crippen LogP contribution in [0.15, 0.2) is 42.7 Å². The van der Waals surface area contributed by atoms with Gasteiger partial charge in [0.15, 0.2) is 0 Å². The van der Waals surface area contributed by atoms with Gasteiger partial charge in [0.25, 0.3) is 5.91 Å². The van der Waals surface area contributed by atoms with Crippen molar-refractivity contribution < 1.29 is 4.79 Å². The van der Waals surface area contributed by atoms with Gasteiger partial charge < -0.3 is 5.32 Å². The average Bonchev–Trinajstić information content (AvgIpc) is 3.04. The molecule has 3 aromatic rings. The Labute approximate surface area is 114 Å². The van der Waals surface area contributed by atoms with Crippen molar-refractivity contribution >= 4 is 34.3 Å². The highest BCUT2D eigenvalue weighted by Gasteiger charge is 2.24. The predicted octanol–water partition coefficient (Wildman–Crippen LogP) is 2.45. The second-order valence-corrected chi connectivity index (χ2v) is 4.63. The molecule has 0 bridgehead atoms. The number of aromatic nitrogens is 3. The van der Waals surface area contributed by atoms with E-state index >= 15 is 0 Å². The summed E-state index contributed by atoms with van der Waals surface area (Å²) in [5.41, 5.74) is 3.36. The molecule has 1 aliphatic heterocycles. The molecule has 0 fully saturated rings. The number of nitrogens with zero attached hydrogens (tertiary/aromatic N) is 2. The molecule has 2 aromatic heterocycles. The molecule has 5 nitrogen and oxygen atoms in total. The van der Waals surface area contributed by atoms with Crippen LogP contribution in [-0.2, 0) is 4.79 Å². The largest absolute Gasteiger partial charge is 0.306 e. The summed E-state index contributed by atoms with van der Waals surface area (Å²) in [4.78, 5) is 16.2. The molecule has 1 aromatic carbocycles. The highest BCUT2D eigenvalue weighted by Crippen LogP contribution is 2.31. The summed E-state index contributed by atoms with van der Waals surface area (Å²) in [5, 5.41) is 10.7. The Kier molecular flexibility index (Phi) is 2.20. The molecule has 0 spiro atoms. The smallest absolute Gasteiger partial charge is 0.257 e. The predicted molar refractivity (Wildman–Crippen MR) is 76.8 cm³/mol. The topological polar surface area (TPSA) is 70.7 Å². The third kappa shape index (κ3) is 1.60. The Bertz CT molecular complexity index is 863. The minimum absolute atomic E-state index is 0.122. The van der Waals surface area contributed by atoms with Crippen LogP contribution in [0.5, 0.6) is 0 Å². The summed E-state index contributed by atoms with van der Waals surface area (Å²) in [6.07, 6.45) is 5.30. The van der Waals surface area contributed by atoms with Gasteiger partial charge in [0.1, 0.15) is 5.82 Å². The van der Waals surface area contributed by atoms with Crippen LogP contribution in [0.2, 0.25) is 0 Å². The van der Waals surface area contributed by atoms with E-state index in [0.717, 1.165) is 22.0 Å². The molecule has 20 heavy (non-hydrogen) atoms. The maximum absolute atomic E-state index is 12.0. The van der Waals surface area contributed by atoms with Gasteiger partial charge in [0.05, 0.1) is 17.3 Å². The Hall–Kier alpha value is -2.95. The van der Waals surface area contributed by atoms with Crippen LogP contribution in [0, 0.1) is 0 Å². The van der Waals surface area contributed by atoms with E-state index in [9.17, 15) is 4.79 Å². The van der Waals surface area contributed by atoms with Crippen LogP contribution in [0.25, 0.3) is 22.6 Å². The number of H-pyrrole nitrogens is 1. The van der Waals surface area contributed by atoms with Crippen molar-refractivity contribution in [3.63, 3.8) is 0 Å². The molecular formula is C15H10N4O. The third-order valence-electron chi connectivity index (χ3n) is 3.35. The number of nitrogens with one attached hydrogen (secondary N) is 2. The standard InChI is InChI=1S/C15H10N4O/c20-15-12(11-2-1-5-16-14(11)18-15)6-9-3-4-10-8-17-19-13(10)7-9/h1-8H,(H,17,19)(H,16,18,20)/b12-6-. The first-order chi connectivity index (χ1) is 9.81. The van der Waals surface area contributed by atoms with Gasteiger partial charge in [-0.3, -0.25) is 9.89 Å². The number of rotatable bonds is 1. The summed E-state index contributed by atoms with van der Waals surface area (Å²) >= 11 is 0. The molecule has 3 heterocycles. The number of benzene rings is 1. The number of fused-ring (bicyclic) bond motifs is 2. The molecule has 0 saturated heterocycles. The molecule has 0 unspecified atom stereocenters. The van der Waals surface area contributed by atoms with E-state index in [1.54, 1.807) is 12.4 Å². The lowest BCUT2D eigenvalue weighted by Gasteiger charge is -1.98. The maximum atomic E-state index is 12.0. The summed E-state index contributed by atoms with van der Waals surface area (Å²) in [5.74, 6) is 0.495. The normalized spacial score (nSPS) is 15.6. The number of anilines is 1. The first-order valence-corrected chi connectivity index (χ1v) is 6.23. The van der Waals surface area contributed by atoms with Crippen molar-refractivity contribution in [3.05, 3.63) is 53.9 Å². The molecule has 96 valence electrons. The molecule has 1 amide bonds. The summed E-state index contributed by atoms with van der Waals surface area (Å²) in [6, 6.07) is 9.62. The van der Waals surface area contributed by atoms with Gasteiger partial charge in [-0.2, -0.15) is 5.10 Å². The minimum atomic E-state index is -0.122. The quantitative estimate of drug-likeness (QED) is 0.662. The fraction of sp³-hybridized carbons (Fsp3) is 0. The van der Waals surface area contributed by atoms with Crippen molar-refractivity contribution in [1.82, 2.24) is 15.2 Å². The number of amides is 1. The number of carbonyl (C=O) groups is 1. The molecule has 0 aliphatic carbocycles. The first kappa shape index (κ1) is 10.9. The molecule has 2 N–H and O–H groups in total. The van der Waals surface area contributed by atoms with Gasteiger partial charge in [0, 0.05) is 17.1 Å². The SMILES string of the molecule is O=C1Nc2ncccc2/C1=C/c1ccc2cn[nH]c2c1. The van der Waals surface area contributed by atoms with E-state index in [-0.39, 0.29) is 5.91 Å². The van der Waals surface area contributed by atoms with Crippen LogP contribution in [0.1, 0.15) is 11.1 Å². The monoisotopic (exact) mass is 262 g/mol. The number of aromatic amines is 1. The number of hydrogen-bond acceptors (Lipinski definition) is 3. The Morgan fingerprint density at radius 2 is 2.15 bits per heavy atom. The number of hydrogen-bond donors (Lipinski definition) is 2. The number of carbonyl (C=O) groups excluding carboxylic acids is 1. The van der Waals surface area contributed by atoms with Crippen LogP contribution in [0.4, 0.5) is 5.82 Å². The molecule has 4 rings (SSSR count). The van der Waals surface area contributed by atoms with Gasteiger partial charge in [0.2, 0.25) is 0 Å². The Morgan fingerprint density at radius 3 is 3.10 bits per heavy atom. The zero-order chi connectivity index (χ0) is 13.5. The van der Waals surface area contributed by atoms with E-state index in [0.29, 0.717) is 11.4 Å². The molecule has 0 saturated carbocycles. The lowest BCUT2D eigenvalue weighted by atomic mass is 10.0. The Morgan fingerprint density at radius 1 is 1.20 bits per heavy atom. The van der Waals surface area contributed by atoms with Gasteiger partial charge in [-0.25, -0.2) is 4.98 Å². The summed E-state index contributed by atoms with van der Waals surface area (Å²) in [6.45, 7) is 0. The van der Waals surface area contributed by atoms with Crippen LogP contribution >= 0.6 is 0 Å². The van der Waals surface area contributed by atoms with Crippen LogP contribution in [-0.4, -0.2) is 21.1 Å². The number of pyridine rings is 1. The second-order valence-electron chi connectivity index (χ2n) is 4.63. The van der Waals surface area contributed by atoms with E-state index < -0.39 is 0 Å². The van der Waals surface area contributed by atoms with Gasteiger partial charge in [-0.1, -0.05) is 12.1 Å². The van der Waals surface area contributed by atoms with Crippen molar-refractivity contribution in [2.24, 2.45) is 0 Å². The summed E-state index contributed by atoms with van der Waals surface area (Å²) in [7, 11) is 0. The van der Waals surface area contributed by atoms with E-state index in [1.807, 2.05) is 36.4 Å². The van der Waals surface area contributed by atoms with E-state index in [1.165, 1.54) is 0 Å². The van der Waals surface area contributed by atoms with Crippen LogP contribution < -0.4 is 5.32 Å². The van der Waals surface area contributed by atoms with Crippen molar-refractivity contribution in [2.75, 3.05) is 5.32 Å². The highest BCUT2D eigenvalue weighted by molar-refractivity contribution is 6.34. The minimum Gasteiger partial charge on any atom is -0.306 e. The lowest BCUT2D eigenvalue weighted by Crippen LogP contribution is -2.04. The second kappa shape index (κ2) is 4.03. The van der Waals surface area contributed by atoms with Crippen molar-refractivity contribution in [2.45, 2.75) is 0 Å². The van der Waals surface area contributed by atoms with Gasteiger partial charge in [-0.15, -0.1) is 0 Å². The van der Waals surface area contributed by atoms with Crippen molar-refractivity contribution in [1.29, 1.82) is 0 Å². The molecular weight excluding hydrogens is 252 g/mol. The average molecular weight is 262 g/mol. The van der Waals surface area contributed by atoms with Crippen LogP contribution in [0.3, 0.4) is 0 Å². The zero-order valence-corrected chi connectivity index (χ0v) is 10.4. The first-order valence-electron chi connectivity index (χ1n) is 6.23. The van der Waals surface area contributed by atoms with E-state index in [4.69, 9.17) is 0 Å².